The molecule has 0 N–H and O–H groups in total. The van der Waals surface area contributed by atoms with Gasteiger partial charge in [-0.05, 0) is 18.4 Å². The number of hydrogen-bond acceptors (Lipinski definition) is 3. The summed E-state index contributed by atoms with van der Waals surface area (Å²) in [6.45, 7) is 13.8. The van der Waals surface area contributed by atoms with Gasteiger partial charge in [-0.1, -0.05) is 64.5 Å². The Morgan fingerprint density at radius 2 is 1.67 bits per heavy atom. The van der Waals surface area contributed by atoms with Crippen molar-refractivity contribution < 1.29 is 14.3 Å². The normalized spacial score (nSPS) is 21.3. The van der Waals surface area contributed by atoms with Gasteiger partial charge in [0.05, 0.1) is 13.2 Å². The minimum atomic E-state index is -0.755. The number of ether oxygens (including phenoxy) is 2. The number of rotatable bonds is 4. The minimum absolute atomic E-state index is 0.0182. The first-order valence-electron chi connectivity index (χ1n) is 7.41. The Bertz CT molecular complexity index is 438. The van der Waals surface area contributed by atoms with Gasteiger partial charge in [-0.15, -0.1) is 0 Å². The number of hydrogen-bond donors (Lipinski definition) is 0. The second-order valence-electron chi connectivity index (χ2n) is 7.36. The number of carbonyl (C=O) groups is 1. The van der Waals surface area contributed by atoms with Crippen molar-refractivity contribution >= 4 is 5.78 Å². The van der Waals surface area contributed by atoms with Crippen LogP contribution in [0.4, 0.5) is 0 Å². The Kier molecular flexibility index (Phi) is 6.11. The highest BCUT2D eigenvalue weighted by molar-refractivity contribution is 5.92. The second kappa shape index (κ2) is 7.19. The first-order chi connectivity index (χ1) is 9.62. The average Bonchev–Trinajstić information content (AvgIpc) is 2.36. The van der Waals surface area contributed by atoms with Crippen LogP contribution in [0.2, 0.25) is 0 Å². The molecule has 1 aliphatic rings. The molecule has 0 saturated carbocycles. The van der Waals surface area contributed by atoms with Crippen molar-refractivity contribution in [1.82, 2.24) is 0 Å². The summed E-state index contributed by atoms with van der Waals surface area (Å²) in [6.07, 6.45) is 8.32. The molecule has 0 aromatic carbocycles. The summed E-state index contributed by atoms with van der Waals surface area (Å²) < 4.78 is 10.9. The van der Waals surface area contributed by atoms with Gasteiger partial charge in [-0.3, -0.25) is 4.79 Å². The Morgan fingerprint density at radius 1 is 1.10 bits per heavy atom. The van der Waals surface area contributed by atoms with Crippen LogP contribution in [-0.4, -0.2) is 25.3 Å². The van der Waals surface area contributed by atoms with Gasteiger partial charge in [-0.25, -0.2) is 0 Å². The zero-order valence-corrected chi connectivity index (χ0v) is 14.1. The van der Waals surface area contributed by atoms with Gasteiger partial charge in [0.1, 0.15) is 0 Å². The van der Waals surface area contributed by atoms with Gasteiger partial charge in [0, 0.05) is 5.41 Å². The van der Waals surface area contributed by atoms with E-state index in [9.17, 15) is 4.79 Å². The third-order valence-electron chi connectivity index (χ3n) is 3.50. The fourth-order valence-electron chi connectivity index (χ4n) is 1.60. The van der Waals surface area contributed by atoms with Crippen molar-refractivity contribution in [2.45, 2.75) is 47.8 Å². The largest absolute Gasteiger partial charge is 0.345 e. The lowest BCUT2D eigenvalue weighted by Gasteiger charge is -2.33. The third kappa shape index (κ3) is 6.40. The topological polar surface area (TPSA) is 35.5 Å². The van der Waals surface area contributed by atoms with Gasteiger partial charge in [-0.2, -0.15) is 0 Å². The molecule has 0 aromatic heterocycles. The molecule has 0 radical (unpaired) electrons. The fourth-order valence-corrected chi connectivity index (χ4v) is 1.60. The van der Waals surface area contributed by atoms with Crippen LogP contribution in [0.15, 0.2) is 36.0 Å². The molecule has 118 valence electrons. The molecule has 1 saturated heterocycles. The lowest BCUT2D eigenvalue weighted by atomic mass is 9.87. The van der Waals surface area contributed by atoms with Crippen LogP contribution in [0.5, 0.6) is 0 Å². The molecule has 0 spiro atoms. The Hall–Kier alpha value is -1.19. The zero-order valence-electron chi connectivity index (χ0n) is 14.1. The van der Waals surface area contributed by atoms with Crippen molar-refractivity contribution in [1.29, 1.82) is 0 Å². The molecule has 0 unspecified atom stereocenters. The second-order valence-corrected chi connectivity index (χ2v) is 7.36. The van der Waals surface area contributed by atoms with Crippen molar-refractivity contribution in [3.8, 4) is 0 Å². The molecule has 3 nitrogen and oxygen atoms in total. The van der Waals surface area contributed by atoms with E-state index in [2.05, 4.69) is 47.6 Å². The van der Waals surface area contributed by atoms with Crippen molar-refractivity contribution in [2.75, 3.05) is 13.2 Å². The maximum atomic E-state index is 11.9. The molecule has 0 amide bonds. The van der Waals surface area contributed by atoms with E-state index in [1.807, 2.05) is 12.2 Å². The van der Waals surface area contributed by atoms with E-state index in [1.54, 1.807) is 6.08 Å². The van der Waals surface area contributed by atoms with E-state index in [-0.39, 0.29) is 16.6 Å². The van der Waals surface area contributed by atoms with E-state index in [4.69, 9.17) is 9.47 Å². The summed E-state index contributed by atoms with van der Waals surface area (Å²) in [4.78, 5) is 11.9. The molecule has 1 rings (SSSR count). The lowest BCUT2D eigenvalue weighted by molar-refractivity contribution is -0.214. The first kappa shape index (κ1) is 17.9. The highest BCUT2D eigenvalue weighted by atomic mass is 16.7. The van der Waals surface area contributed by atoms with Gasteiger partial charge >= 0.3 is 0 Å². The molecule has 1 heterocycles. The molecule has 1 aliphatic heterocycles. The number of carbonyl (C=O) groups excluding carboxylic acids is 1. The Morgan fingerprint density at radius 3 is 2.19 bits per heavy atom. The minimum Gasteiger partial charge on any atom is -0.345 e. The average molecular weight is 292 g/mol. The monoisotopic (exact) mass is 292 g/mol. The molecule has 0 atom stereocenters. The molecule has 0 aromatic rings. The zero-order chi connectivity index (χ0) is 16.1. The fraction of sp³-hybridized carbons (Fsp3) is 0.611. The van der Waals surface area contributed by atoms with Crippen LogP contribution >= 0.6 is 0 Å². The van der Waals surface area contributed by atoms with E-state index in [0.29, 0.717) is 13.2 Å². The Balaban J connectivity index is 2.45. The highest BCUT2D eigenvalue weighted by Gasteiger charge is 2.31. The standard InChI is InChI=1S/C18H28O3/c1-14(17(2,3)4)10-8-7-9-11-15(19)16-20-12-18(5,6)13-21-16/h7-11,16H,12-13H2,1-6H3/b8-7+,11-9+,14-10+. The van der Waals surface area contributed by atoms with Crippen LogP contribution in [0.1, 0.15) is 41.5 Å². The summed E-state index contributed by atoms with van der Waals surface area (Å²) in [6, 6.07) is 0. The number of ketones is 1. The smallest absolute Gasteiger partial charge is 0.222 e. The Labute approximate surface area is 128 Å². The van der Waals surface area contributed by atoms with Gasteiger partial charge in [0.15, 0.2) is 0 Å². The maximum absolute atomic E-state index is 11.9. The lowest BCUT2D eigenvalue weighted by Crippen LogP contribution is -2.41. The molecule has 0 bridgehead atoms. The van der Waals surface area contributed by atoms with Crippen LogP contribution in [0.3, 0.4) is 0 Å². The summed E-state index contributed by atoms with van der Waals surface area (Å²) in [5.41, 5.74) is 1.44. The third-order valence-corrected chi connectivity index (χ3v) is 3.50. The predicted molar refractivity (Wildman–Crippen MR) is 86.0 cm³/mol. The summed E-state index contributed by atoms with van der Waals surface area (Å²) in [5.74, 6) is -0.147. The molecular weight excluding hydrogens is 264 g/mol. The van der Waals surface area contributed by atoms with Gasteiger partial charge in [0.25, 0.3) is 0 Å². The molecular formula is C18H28O3. The quantitative estimate of drug-likeness (QED) is 0.579. The number of allylic oxidation sites excluding steroid dienone is 5. The maximum Gasteiger partial charge on any atom is 0.222 e. The van der Waals surface area contributed by atoms with E-state index in [0.717, 1.165) is 0 Å². The molecule has 1 fully saturated rings. The van der Waals surface area contributed by atoms with E-state index >= 15 is 0 Å². The van der Waals surface area contributed by atoms with Crippen LogP contribution in [0, 0.1) is 10.8 Å². The van der Waals surface area contributed by atoms with Crippen LogP contribution < -0.4 is 0 Å². The van der Waals surface area contributed by atoms with Crippen molar-refractivity contribution in [3.05, 3.63) is 36.0 Å². The highest BCUT2D eigenvalue weighted by Crippen LogP contribution is 2.24. The van der Waals surface area contributed by atoms with E-state index in [1.165, 1.54) is 11.6 Å². The SMILES string of the molecule is C\C(=C/C=C/C=C/C(=O)C1OCC(C)(C)CO1)C(C)(C)C. The van der Waals surface area contributed by atoms with Crippen LogP contribution in [0.25, 0.3) is 0 Å². The summed E-state index contributed by atoms with van der Waals surface area (Å²) in [7, 11) is 0. The molecule has 3 heteroatoms. The molecule has 21 heavy (non-hydrogen) atoms. The van der Waals surface area contributed by atoms with Gasteiger partial charge in [0.2, 0.25) is 12.1 Å². The first-order valence-corrected chi connectivity index (χ1v) is 7.41. The predicted octanol–water partition coefficient (Wildman–Crippen LogP) is 4.06. The summed E-state index contributed by atoms with van der Waals surface area (Å²) in [5, 5.41) is 0. The van der Waals surface area contributed by atoms with E-state index < -0.39 is 6.29 Å². The summed E-state index contributed by atoms with van der Waals surface area (Å²) >= 11 is 0. The van der Waals surface area contributed by atoms with Gasteiger partial charge < -0.3 is 9.47 Å². The van der Waals surface area contributed by atoms with Crippen LogP contribution in [-0.2, 0) is 14.3 Å². The van der Waals surface area contributed by atoms with Crippen molar-refractivity contribution in [2.24, 2.45) is 10.8 Å². The van der Waals surface area contributed by atoms with Crippen molar-refractivity contribution in [3.63, 3.8) is 0 Å². The molecule has 0 aliphatic carbocycles.